The fourth-order valence-corrected chi connectivity index (χ4v) is 5.35. The molecule has 8 heteroatoms. The number of nitrogens with zero attached hydrogens (tertiary/aromatic N) is 2. The number of aromatic hydroxyl groups is 1. The van der Waals surface area contributed by atoms with Gasteiger partial charge in [0, 0.05) is 22.7 Å². The highest BCUT2D eigenvalue weighted by molar-refractivity contribution is 6.31. The fraction of sp³-hybridized carbons (Fsp3) is 0.152. The van der Waals surface area contributed by atoms with Crippen LogP contribution in [0.25, 0.3) is 11.3 Å². The van der Waals surface area contributed by atoms with E-state index in [0.29, 0.717) is 40.7 Å². The molecule has 1 aliphatic rings. The van der Waals surface area contributed by atoms with Crippen molar-refractivity contribution in [2.45, 2.75) is 26.1 Å². The van der Waals surface area contributed by atoms with Gasteiger partial charge >= 0.3 is 0 Å². The van der Waals surface area contributed by atoms with Gasteiger partial charge in [-0.1, -0.05) is 66.2 Å². The minimum absolute atomic E-state index is 0.0469. The number of phenols is 1. The van der Waals surface area contributed by atoms with Gasteiger partial charge in [0.15, 0.2) is 0 Å². The van der Waals surface area contributed by atoms with Crippen molar-refractivity contribution in [2.24, 2.45) is 0 Å². The van der Waals surface area contributed by atoms with Crippen LogP contribution in [0.4, 0.5) is 0 Å². The number of hydrogen-bond acceptors (Lipinski definition) is 5. The monoisotopic (exact) mass is 565 g/mol. The second kappa shape index (κ2) is 11.0. The topological polar surface area (TPSA) is 87.7 Å². The van der Waals surface area contributed by atoms with Gasteiger partial charge in [-0.15, -0.1) is 0 Å². The lowest BCUT2D eigenvalue weighted by Gasteiger charge is -2.27. The summed E-state index contributed by atoms with van der Waals surface area (Å²) in [6, 6.07) is 28.2. The maximum atomic E-state index is 13.8. The zero-order valence-corrected chi connectivity index (χ0v) is 23.4. The van der Waals surface area contributed by atoms with Crippen LogP contribution >= 0.6 is 11.6 Å². The summed E-state index contributed by atoms with van der Waals surface area (Å²) >= 11 is 6.44. The summed E-state index contributed by atoms with van der Waals surface area (Å²) in [7, 11) is 1.62. The molecule has 0 spiro atoms. The first kappa shape index (κ1) is 26.5. The highest BCUT2D eigenvalue weighted by atomic mass is 35.5. The standard InChI is InChI=1S/C33H28ClN3O4/c1-20-16-28(38)26(17-27(20)34)30-29-31(36-35-30)33(39)37(18-21-8-12-24(40-2)13-9-21)32(29)23-10-14-25(15-11-23)41-19-22-6-4-3-5-7-22/h3-17,32,38H,18-19H2,1-2H3,(H,35,36). The van der Waals surface area contributed by atoms with E-state index >= 15 is 0 Å². The average molecular weight is 566 g/mol. The summed E-state index contributed by atoms with van der Waals surface area (Å²) < 4.78 is 11.3. The van der Waals surface area contributed by atoms with Crippen LogP contribution in [0.15, 0.2) is 91.0 Å². The van der Waals surface area contributed by atoms with Gasteiger partial charge in [-0.3, -0.25) is 9.89 Å². The van der Waals surface area contributed by atoms with Crippen LogP contribution in [-0.4, -0.2) is 33.2 Å². The first-order valence-electron chi connectivity index (χ1n) is 13.2. The number of amides is 1. The molecule has 0 radical (unpaired) electrons. The Morgan fingerprint density at radius 3 is 2.37 bits per heavy atom. The lowest BCUT2D eigenvalue weighted by molar-refractivity contribution is 0.0730. The molecule has 1 unspecified atom stereocenters. The van der Waals surface area contributed by atoms with E-state index < -0.39 is 6.04 Å². The van der Waals surface area contributed by atoms with Gasteiger partial charge in [0.2, 0.25) is 0 Å². The van der Waals surface area contributed by atoms with E-state index in [1.165, 1.54) is 0 Å². The highest BCUT2D eigenvalue weighted by Crippen LogP contribution is 2.46. The average Bonchev–Trinajstić information content (AvgIpc) is 3.54. The molecule has 1 amide bonds. The van der Waals surface area contributed by atoms with Crippen LogP contribution in [-0.2, 0) is 13.2 Å². The summed E-state index contributed by atoms with van der Waals surface area (Å²) in [6.45, 7) is 2.64. The van der Waals surface area contributed by atoms with Crippen molar-refractivity contribution in [2.75, 3.05) is 7.11 Å². The molecule has 6 rings (SSSR count). The van der Waals surface area contributed by atoms with E-state index in [0.717, 1.165) is 33.8 Å². The molecule has 1 aromatic heterocycles. The molecular formula is C33H28ClN3O4. The number of rotatable bonds is 8. The number of aryl methyl sites for hydroxylation is 1. The Morgan fingerprint density at radius 1 is 0.951 bits per heavy atom. The van der Waals surface area contributed by atoms with Crippen molar-refractivity contribution in [3.8, 4) is 28.5 Å². The third kappa shape index (κ3) is 5.12. The lowest BCUT2D eigenvalue weighted by Crippen LogP contribution is -2.29. The molecule has 0 fully saturated rings. The molecule has 4 aromatic carbocycles. The van der Waals surface area contributed by atoms with E-state index in [1.54, 1.807) is 24.1 Å². The molecule has 1 aliphatic heterocycles. The third-order valence-electron chi connectivity index (χ3n) is 7.35. The smallest absolute Gasteiger partial charge is 0.273 e. The number of fused-ring (bicyclic) bond motifs is 1. The molecule has 7 nitrogen and oxygen atoms in total. The van der Waals surface area contributed by atoms with E-state index in [4.69, 9.17) is 21.1 Å². The first-order chi connectivity index (χ1) is 19.9. The van der Waals surface area contributed by atoms with Crippen LogP contribution in [0, 0.1) is 6.92 Å². The Morgan fingerprint density at radius 2 is 1.66 bits per heavy atom. The van der Waals surface area contributed by atoms with Crippen LogP contribution < -0.4 is 9.47 Å². The predicted octanol–water partition coefficient (Wildman–Crippen LogP) is 7.08. The van der Waals surface area contributed by atoms with Gasteiger partial charge in [-0.05, 0) is 65.6 Å². The van der Waals surface area contributed by atoms with Crippen molar-refractivity contribution in [3.63, 3.8) is 0 Å². The number of benzene rings is 4. The van der Waals surface area contributed by atoms with Gasteiger partial charge < -0.3 is 19.5 Å². The zero-order chi connectivity index (χ0) is 28.5. The largest absolute Gasteiger partial charge is 0.507 e. The zero-order valence-electron chi connectivity index (χ0n) is 22.6. The SMILES string of the molecule is COc1ccc(CN2C(=O)c3[nH]nc(-c4cc(Cl)c(C)cc4O)c3C2c2ccc(OCc3ccccc3)cc2)cc1. The number of aromatic amines is 1. The summed E-state index contributed by atoms with van der Waals surface area (Å²) in [5, 5.41) is 18.8. The number of halogens is 1. The van der Waals surface area contributed by atoms with Gasteiger partial charge in [-0.25, -0.2) is 0 Å². The molecule has 206 valence electrons. The lowest BCUT2D eigenvalue weighted by atomic mass is 9.95. The number of hydrogen-bond donors (Lipinski definition) is 2. The second-order valence-corrected chi connectivity index (χ2v) is 10.4. The number of ether oxygens (including phenoxy) is 2. The summed E-state index contributed by atoms with van der Waals surface area (Å²) in [5.74, 6) is 1.33. The summed E-state index contributed by atoms with van der Waals surface area (Å²) in [4.78, 5) is 15.6. The minimum atomic E-state index is -0.462. The molecule has 0 aliphatic carbocycles. The van der Waals surface area contributed by atoms with E-state index in [2.05, 4.69) is 10.2 Å². The number of nitrogens with one attached hydrogen (secondary N) is 1. The minimum Gasteiger partial charge on any atom is -0.507 e. The van der Waals surface area contributed by atoms with Crippen LogP contribution in [0.3, 0.4) is 0 Å². The highest BCUT2D eigenvalue weighted by Gasteiger charge is 2.42. The Kier molecular flexibility index (Phi) is 7.12. The van der Waals surface area contributed by atoms with Crippen molar-refractivity contribution < 1.29 is 19.4 Å². The quantitative estimate of drug-likeness (QED) is 0.210. The summed E-state index contributed by atoms with van der Waals surface area (Å²) in [5.41, 5.74) is 5.69. The van der Waals surface area contributed by atoms with Crippen LogP contribution in [0.2, 0.25) is 5.02 Å². The second-order valence-electron chi connectivity index (χ2n) is 10.0. The Balaban J connectivity index is 1.38. The van der Waals surface area contributed by atoms with Gasteiger partial charge in [0.05, 0.1) is 13.2 Å². The van der Waals surface area contributed by atoms with Gasteiger partial charge in [0.1, 0.15) is 35.2 Å². The van der Waals surface area contributed by atoms with Crippen molar-refractivity contribution in [3.05, 3.63) is 130 Å². The number of phenolic OH excluding ortho intramolecular Hbond substituents is 1. The van der Waals surface area contributed by atoms with E-state index in [1.807, 2.05) is 85.8 Å². The molecule has 2 heterocycles. The molecule has 0 bridgehead atoms. The maximum Gasteiger partial charge on any atom is 0.273 e. The van der Waals surface area contributed by atoms with Crippen molar-refractivity contribution in [1.29, 1.82) is 0 Å². The van der Waals surface area contributed by atoms with Crippen molar-refractivity contribution >= 4 is 17.5 Å². The number of H-pyrrole nitrogens is 1. The Bertz CT molecular complexity index is 1700. The normalized spacial score (nSPS) is 14.3. The fourth-order valence-electron chi connectivity index (χ4n) is 5.18. The predicted molar refractivity (Wildman–Crippen MR) is 157 cm³/mol. The molecule has 41 heavy (non-hydrogen) atoms. The van der Waals surface area contributed by atoms with E-state index in [-0.39, 0.29) is 11.7 Å². The molecule has 2 N–H and O–H groups in total. The number of aromatic nitrogens is 2. The molecule has 5 aromatic rings. The number of carbonyl (C=O) groups is 1. The Hall–Kier alpha value is -4.75. The molecule has 0 saturated carbocycles. The maximum absolute atomic E-state index is 13.8. The van der Waals surface area contributed by atoms with Crippen LogP contribution in [0.1, 0.15) is 44.3 Å². The first-order valence-corrected chi connectivity index (χ1v) is 13.6. The summed E-state index contributed by atoms with van der Waals surface area (Å²) in [6.07, 6.45) is 0. The van der Waals surface area contributed by atoms with Gasteiger partial charge in [0.25, 0.3) is 5.91 Å². The number of carbonyl (C=O) groups excluding carboxylic acids is 1. The van der Waals surface area contributed by atoms with E-state index in [9.17, 15) is 9.90 Å². The van der Waals surface area contributed by atoms with Crippen molar-refractivity contribution in [1.82, 2.24) is 15.1 Å². The molecule has 1 atom stereocenters. The van der Waals surface area contributed by atoms with Gasteiger partial charge in [-0.2, -0.15) is 5.10 Å². The number of methoxy groups -OCH3 is 1. The molecule has 0 saturated heterocycles. The molecular weight excluding hydrogens is 538 g/mol. The van der Waals surface area contributed by atoms with Crippen LogP contribution in [0.5, 0.6) is 17.2 Å². The third-order valence-corrected chi connectivity index (χ3v) is 7.76. The Labute approximate surface area is 242 Å².